The Morgan fingerprint density at radius 1 is 1.42 bits per heavy atom. The summed E-state index contributed by atoms with van der Waals surface area (Å²) in [5.74, 6) is 0. The molecule has 0 aliphatic rings. The molecule has 2 rings (SSSR count). The lowest BCUT2D eigenvalue weighted by atomic mass is 10.3. The maximum absolute atomic E-state index is 12.3. The molecule has 2 aromatic rings. The molecule has 2 N–H and O–H groups in total. The maximum Gasteiger partial charge on any atom is 0.244 e. The summed E-state index contributed by atoms with van der Waals surface area (Å²) in [4.78, 5) is 6.94. The Kier molecular flexibility index (Phi) is 3.98. The fourth-order valence-electron chi connectivity index (χ4n) is 1.64. The van der Waals surface area contributed by atoms with Crippen LogP contribution in [0.2, 0.25) is 0 Å². The number of hydrogen-bond donors (Lipinski definition) is 2. The lowest BCUT2D eigenvalue weighted by molar-refractivity contribution is 0.277. The second-order valence-electron chi connectivity index (χ2n) is 4.10. The molecular weight excluding hydrogens is 266 g/mol. The van der Waals surface area contributed by atoms with Crippen LogP contribution in [0.1, 0.15) is 11.4 Å². The molecule has 0 saturated heterocycles. The summed E-state index contributed by atoms with van der Waals surface area (Å²) >= 11 is 0. The van der Waals surface area contributed by atoms with Gasteiger partial charge in [-0.15, -0.1) is 0 Å². The Bertz CT molecular complexity index is 637. The van der Waals surface area contributed by atoms with Crippen LogP contribution in [-0.2, 0) is 23.2 Å². The van der Waals surface area contributed by atoms with Crippen LogP contribution in [0, 0.1) is 0 Å². The number of rotatable bonds is 5. The number of pyridine rings is 1. The van der Waals surface area contributed by atoms with E-state index in [-0.39, 0.29) is 18.0 Å². The number of H-pyrrole nitrogens is 1. The normalized spacial score (nSPS) is 11.9. The number of aliphatic hydroxyl groups is 1. The molecule has 0 amide bonds. The molecule has 0 aromatic carbocycles. The molecule has 102 valence electrons. The van der Waals surface area contributed by atoms with Crippen molar-refractivity contribution in [2.24, 2.45) is 0 Å². The Balaban J connectivity index is 2.19. The summed E-state index contributed by atoms with van der Waals surface area (Å²) in [7, 11) is -2.08. The van der Waals surface area contributed by atoms with Gasteiger partial charge in [0.25, 0.3) is 0 Å². The molecular formula is C12H15N3O3S. The largest absolute Gasteiger partial charge is 0.390 e. The summed E-state index contributed by atoms with van der Waals surface area (Å²) in [6.07, 6.45) is 2.99. The highest BCUT2D eigenvalue weighted by atomic mass is 32.2. The van der Waals surface area contributed by atoms with Crippen LogP contribution in [0.15, 0.2) is 41.6 Å². The molecule has 0 unspecified atom stereocenters. The van der Waals surface area contributed by atoms with Crippen LogP contribution in [-0.4, -0.2) is 34.8 Å². The molecule has 0 spiro atoms. The van der Waals surface area contributed by atoms with E-state index in [0.717, 1.165) is 0 Å². The Morgan fingerprint density at radius 3 is 2.79 bits per heavy atom. The van der Waals surface area contributed by atoms with E-state index in [9.17, 15) is 8.42 Å². The zero-order valence-corrected chi connectivity index (χ0v) is 11.3. The highest BCUT2D eigenvalue weighted by Crippen LogP contribution is 2.17. The van der Waals surface area contributed by atoms with Crippen molar-refractivity contribution >= 4 is 10.0 Å². The minimum Gasteiger partial charge on any atom is -0.390 e. The zero-order valence-electron chi connectivity index (χ0n) is 10.4. The van der Waals surface area contributed by atoms with Gasteiger partial charge in [-0.1, -0.05) is 6.07 Å². The number of nitrogens with zero attached hydrogens (tertiary/aromatic N) is 2. The van der Waals surface area contributed by atoms with Crippen LogP contribution in [0.25, 0.3) is 0 Å². The van der Waals surface area contributed by atoms with Gasteiger partial charge in [0.1, 0.15) is 0 Å². The van der Waals surface area contributed by atoms with Crippen LogP contribution in [0.5, 0.6) is 0 Å². The topological polar surface area (TPSA) is 86.3 Å². The van der Waals surface area contributed by atoms with Gasteiger partial charge in [0.05, 0.1) is 23.7 Å². The van der Waals surface area contributed by atoms with E-state index in [4.69, 9.17) is 5.11 Å². The third-order valence-corrected chi connectivity index (χ3v) is 4.49. The van der Waals surface area contributed by atoms with Gasteiger partial charge < -0.3 is 10.1 Å². The number of aliphatic hydroxyl groups excluding tert-OH is 1. The molecule has 0 aliphatic heterocycles. The molecule has 19 heavy (non-hydrogen) atoms. The molecule has 0 fully saturated rings. The Morgan fingerprint density at radius 2 is 2.21 bits per heavy atom. The highest BCUT2D eigenvalue weighted by Gasteiger charge is 2.22. The summed E-state index contributed by atoms with van der Waals surface area (Å²) in [6, 6.07) is 6.77. The molecule has 2 aromatic heterocycles. The molecule has 0 atom stereocenters. The predicted octanol–water partition coefficient (Wildman–Crippen LogP) is 0.723. The quantitative estimate of drug-likeness (QED) is 0.845. The van der Waals surface area contributed by atoms with Crippen LogP contribution in [0.4, 0.5) is 0 Å². The molecule has 0 aliphatic carbocycles. The van der Waals surface area contributed by atoms with E-state index in [1.807, 2.05) is 6.07 Å². The van der Waals surface area contributed by atoms with Gasteiger partial charge in [0.15, 0.2) is 0 Å². The third-order valence-electron chi connectivity index (χ3n) is 2.71. The van der Waals surface area contributed by atoms with Crippen molar-refractivity contribution < 1.29 is 13.5 Å². The summed E-state index contributed by atoms with van der Waals surface area (Å²) in [5.41, 5.74) is 1.14. The smallest absolute Gasteiger partial charge is 0.244 e. The highest BCUT2D eigenvalue weighted by molar-refractivity contribution is 7.89. The van der Waals surface area contributed by atoms with Crippen molar-refractivity contribution in [2.45, 2.75) is 18.0 Å². The van der Waals surface area contributed by atoms with E-state index >= 15 is 0 Å². The average Bonchev–Trinajstić information content (AvgIpc) is 2.89. The first-order valence-electron chi connectivity index (χ1n) is 5.68. The van der Waals surface area contributed by atoms with Gasteiger partial charge >= 0.3 is 0 Å². The van der Waals surface area contributed by atoms with Crippen LogP contribution < -0.4 is 0 Å². The Hall–Kier alpha value is -1.70. The molecule has 0 radical (unpaired) electrons. The van der Waals surface area contributed by atoms with Crippen molar-refractivity contribution in [3.63, 3.8) is 0 Å². The van der Waals surface area contributed by atoms with E-state index in [0.29, 0.717) is 11.4 Å². The van der Waals surface area contributed by atoms with E-state index in [1.54, 1.807) is 18.3 Å². The van der Waals surface area contributed by atoms with Crippen LogP contribution in [0.3, 0.4) is 0 Å². The third kappa shape index (κ3) is 3.01. The monoisotopic (exact) mass is 281 g/mol. The fraction of sp³-hybridized carbons (Fsp3) is 0.250. The number of sulfonamides is 1. The number of nitrogens with one attached hydrogen (secondary N) is 1. The molecule has 7 heteroatoms. The second kappa shape index (κ2) is 5.52. The van der Waals surface area contributed by atoms with E-state index in [2.05, 4.69) is 9.97 Å². The maximum atomic E-state index is 12.3. The van der Waals surface area contributed by atoms with Gasteiger partial charge in [-0.05, 0) is 18.2 Å². The summed E-state index contributed by atoms with van der Waals surface area (Å²) in [6.45, 7) is -0.0255. The Labute approximate surface area is 111 Å². The molecule has 0 saturated carbocycles. The first kappa shape index (κ1) is 13.7. The van der Waals surface area contributed by atoms with Gasteiger partial charge in [-0.25, -0.2) is 8.42 Å². The van der Waals surface area contributed by atoms with Crippen molar-refractivity contribution in [1.82, 2.24) is 14.3 Å². The molecule has 2 heterocycles. The zero-order chi connectivity index (χ0) is 13.9. The minimum atomic E-state index is -3.58. The van der Waals surface area contributed by atoms with Crippen molar-refractivity contribution in [2.75, 3.05) is 7.05 Å². The first-order chi connectivity index (χ1) is 9.04. The van der Waals surface area contributed by atoms with Crippen molar-refractivity contribution in [3.05, 3.63) is 48.0 Å². The summed E-state index contributed by atoms with van der Waals surface area (Å²) < 4.78 is 25.7. The lowest BCUT2D eigenvalue weighted by Gasteiger charge is -2.15. The number of aromatic nitrogens is 2. The molecule has 6 nitrogen and oxygen atoms in total. The summed E-state index contributed by atoms with van der Waals surface area (Å²) in [5, 5.41) is 8.94. The SMILES string of the molecule is CN(Cc1ccccn1)S(=O)(=O)c1c[nH]c(CO)c1. The van der Waals surface area contributed by atoms with Crippen molar-refractivity contribution in [3.8, 4) is 0 Å². The van der Waals surface area contributed by atoms with Gasteiger partial charge in [0, 0.05) is 25.1 Å². The predicted molar refractivity (Wildman–Crippen MR) is 69.6 cm³/mol. The number of aromatic amines is 1. The number of hydrogen-bond acceptors (Lipinski definition) is 4. The lowest BCUT2D eigenvalue weighted by Crippen LogP contribution is -2.26. The van der Waals surface area contributed by atoms with Gasteiger partial charge in [0.2, 0.25) is 10.0 Å². The fourth-order valence-corrected chi connectivity index (χ4v) is 2.80. The van der Waals surface area contributed by atoms with Crippen molar-refractivity contribution in [1.29, 1.82) is 0 Å². The van der Waals surface area contributed by atoms with Crippen LogP contribution >= 0.6 is 0 Å². The minimum absolute atomic E-state index is 0.134. The van der Waals surface area contributed by atoms with E-state index in [1.165, 1.54) is 23.6 Å². The first-order valence-corrected chi connectivity index (χ1v) is 7.12. The van der Waals surface area contributed by atoms with Gasteiger partial charge in [-0.3, -0.25) is 4.98 Å². The average molecular weight is 281 g/mol. The standard InChI is InChI=1S/C12H15N3O3S/c1-15(8-10-4-2-3-5-13-10)19(17,18)12-6-11(9-16)14-7-12/h2-7,14,16H,8-9H2,1H3. The van der Waals surface area contributed by atoms with Gasteiger partial charge in [-0.2, -0.15) is 4.31 Å². The second-order valence-corrected chi connectivity index (χ2v) is 6.15. The molecule has 0 bridgehead atoms. The van der Waals surface area contributed by atoms with E-state index < -0.39 is 10.0 Å².